The second-order valence-electron chi connectivity index (χ2n) is 4.90. The number of aromatic nitrogens is 5. The molecule has 8 heteroatoms. The first-order valence-electron chi connectivity index (χ1n) is 6.83. The molecule has 1 aromatic carbocycles. The molecule has 0 aliphatic carbocycles. The third-order valence-electron chi connectivity index (χ3n) is 3.45. The lowest BCUT2D eigenvalue weighted by Gasteiger charge is -2.04. The molecule has 4 rings (SSSR count). The van der Waals surface area contributed by atoms with Gasteiger partial charge in [-0.2, -0.15) is 15.2 Å². The molecule has 0 aliphatic heterocycles. The second-order valence-corrected chi connectivity index (χ2v) is 5.25. The second kappa shape index (κ2) is 5.40. The Morgan fingerprint density at radius 3 is 2.87 bits per heavy atom. The van der Waals surface area contributed by atoms with Crippen molar-refractivity contribution >= 4 is 23.3 Å². The predicted octanol–water partition coefficient (Wildman–Crippen LogP) is 3.33. The molecule has 0 atom stereocenters. The molecule has 0 aliphatic rings. The maximum absolute atomic E-state index is 13.9. The van der Waals surface area contributed by atoms with E-state index in [1.165, 1.54) is 6.07 Å². The van der Waals surface area contributed by atoms with Crippen LogP contribution in [0.4, 0.5) is 4.39 Å². The lowest BCUT2D eigenvalue weighted by Crippen LogP contribution is -2.04. The minimum Gasteiger partial charge on any atom is -0.348 e. The highest BCUT2D eigenvalue weighted by molar-refractivity contribution is 7.71. The summed E-state index contributed by atoms with van der Waals surface area (Å²) >= 11 is 4.88. The third kappa shape index (κ3) is 2.42. The summed E-state index contributed by atoms with van der Waals surface area (Å²) in [4.78, 5) is 8.52. The summed E-state index contributed by atoms with van der Waals surface area (Å²) in [5.41, 5.74) is 1.72. The van der Waals surface area contributed by atoms with Crippen LogP contribution in [0.3, 0.4) is 0 Å². The standard InChI is InChI=1S/C15H10FN5OS/c16-11-6-2-1-4-9(11)8-21-14-10(5-3-7-17-14)12(19-21)13-18-15(23)22-20-13/h1-7H,8H2,(H,18,20,23). The first kappa shape index (κ1) is 13.8. The molecular formula is C15H10FN5OS. The summed E-state index contributed by atoms with van der Waals surface area (Å²) in [6.07, 6.45) is 1.66. The van der Waals surface area contributed by atoms with Crippen molar-refractivity contribution in [2.24, 2.45) is 0 Å². The van der Waals surface area contributed by atoms with Crippen molar-refractivity contribution in [3.05, 3.63) is 58.8 Å². The summed E-state index contributed by atoms with van der Waals surface area (Å²) < 4.78 is 20.5. The van der Waals surface area contributed by atoms with Crippen LogP contribution in [0.1, 0.15) is 5.56 Å². The molecule has 0 radical (unpaired) electrons. The first-order valence-corrected chi connectivity index (χ1v) is 7.24. The van der Waals surface area contributed by atoms with Gasteiger partial charge in [-0.25, -0.2) is 14.1 Å². The van der Waals surface area contributed by atoms with Crippen LogP contribution in [0.25, 0.3) is 22.6 Å². The molecule has 0 unspecified atom stereocenters. The van der Waals surface area contributed by atoms with Crippen molar-refractivity contribution in [3.63, 3.8) is 0 Å². The van der Waals surface area contributed by atoms with Gasteiger partial charge in [0.15, 0.2) is 11.5 Å². The Morgan fingerprint density at radius 1 is 1.22 bits per heavy atom. The quantitative estimate of drug-likeness (QED) is 0.584. The van der Waals surface area contributed by atoms with Gasteiger partial charge in [0.1, 0.15) is 11.5 Å². The van der Waals surface area contributed by atoms with E-state index < -0.39 is 0 Å². The summed E-state index contributed by atoms with van der Waals surface area (Å²) in [6.45, 7) is 0.263. The number of nitrogens with zero attached hydrogens (tertiary/aromatic N) is 4. The van der Waals surface area contributed by atoms with Gasteiger partial charge in [-0.1, -0.05) is 18.2 Å². The Hall–Kier alpha value is -2.87. The number of H-pyrrole nitrogens is 1. The molecule has 0 fully saturated rings. The van der Waals surface area contributed by atoms with Crippen LogP contribution in [0, 0.1) is 10.7 Å². The first-order chi connectivity index (χ1) is 11.2. The molecule has 23 heavy (non-hydrogen) atoms. The van der Waals surface area contributed by atoms with E-state index >= 15 is 0 Å². The molecule has 0 spiro atoms. The highest BCUT2D eigenvalue weighted by Gasteiger charge is 2.16. The number of halogens is 1. The number of nitrogens with one attached hydrogen (secondary N) is 1. The van der Waals surface area contributed by atoms with E-state index in [-0.39, 0.29) is 17.2 Å². The summed E-state index contributed by atoms with van der Waals surface area (Å²) in [6, 6.07) is 10.2. The summed E-state index contributed by atoms with van der Waals surface area (Å²) in [5.74, 6) is 0.134. The van der Waals surface area contributed by atoms with Gasteiger partial charge in [-0.3, -0.25) is 0 Å². The van der Waals surface area contributed by atoms with Crippen molar-refractivity contribution in [3.8, 4) is 11.5 Å². The normalized spacial score (nSPS) is 11.2. The number of pyridine rings is 1. The number of fused-ring (bicyclic) bond motifs is 1. The zero-order valence-corrected chi connectivity index (χ0v) is 12.5. The van der Waals surface area contributed by atoms with Gasteiger partial charge in [-0.15, -0.1) is 0 Å². The number of aromatic amines is 1. The predicted molar refractivity (Wildman–Crippen MR) is 83.7 cm³/mol. The Bertz CT molecular complexity index is 1050. The topological polar surface area (TPSA) is 72.5 Å². The van der Waals surface area contributed by atoms with Crippen molar-refractivity contribution in [1.82, 2.24) is 24.9 Å². The van der Waals surface area contributed by atoms with Crippen molar-refractivity contribution < 1.29 is 8.91 Å². The lowest BCUT2D eigenvalue weighted by atomic mass is 10.2. The molecule has 0 saturated heterocycles. The van der Waals surface area contributed by atoms with E-state index in [9.17, 15) is 4.39 Å². The maximum Gasteiger partial charge on any atom is 0.314 e. The van der Waals surface area contributed by atoms with E-state index in [1.54, 1.807) is 35.1 Å². The van der Waals surface area contributed by atoms with Crippen LogP contribution >= 0.6 is 12.2 Å². The average molecular weight is 327 g/mol. The highest BCUT2D eigenvalue weighted by Crippen LogP contribution is 2.25. The molecule has 3 heterocycles. The van der Waals surface area contributed by atoms with E-state index in [4.69, 9.17) is 16.7 Å². The van der Waals surface area contributed by atoms with Crippen LogP contribution in [-0.2, 0) is 6.54 Å². The molecule has 0 saturated carbocycles. The Kier molecular flexibility index (Phi) is 3.23. The SMILES string of the molecule is Fc1ccccc1Cn1nc(-c2nc(=S)o[nH]2)c2cccnc21. The van der Waals surface area contributed by atoms with Gasteiger partial charge in [-0.05, 0) is 30.4 Å². The summed E-state index contributed by atoms with van der Waals surface area (Å²) in [5, 5.41) is 7.91. The Morgan fingerprint density at radius 2 is 2.09 bits per heavy atom. The van der Waals surface area contributed by atoms with Crippen LogP contribution < -0.4 is 0 Å². The molecule has 4 aromatic rings. The number of benzene rings is 1. The van der Waals surface area contributed by atoms with Gasteiger partial charge < -0.3 is 4.52 Å². The molecular weight excluding hydrogens is 317 g/mol. The smallest absolute Gasteiger partial charge is 0.314 e. The van der Waals surface area contributed by atoms with E-state index in [0.717, 1.165) is 5.39 Å². The Balaban J connectivity index is 1.88. The average Bonchev–Trinajstić information content (AvgIpc) is 3.14. The molecule has 3 aromatic heterocycles. The van der Waals surface area contributed by atoms with Gasteiger partial charge in [0.2, 0.25) is 0 Å². The fourth-order valence-corrected chi connectivity index (χ4v) is 2.55. The van der Waals surface area contributed by atoms with Crippen LogP contribution in [-0.4, -0.2) is 24.9 Å². The maximum atomic E-state index is 13.9. The van der Waals surface area contributed by atoms with Gasteiger partial charge in [0.05, 0.1) is 11.9 Å². The monoisotopic (exact) mass is 327 g/mol. The van der Waals surface area contributed by atoms with Crippen LogP contribution in [0.5, 0.6) is 0 Å². The molecule has 6 nitrogen and oxygen atoms in total. The Labute approximate surface area is 134 Å². The zero-order chi connectivity index (χ0) is 15.8. The highest BCUT2D eigenvalue weighted by atomic mass is 32.1. The lowest BCUT2D eigenvalue weighted by molar-refractivity contribution is 0.406. The van der Waals surface area contributed by atoms with Gasteiger partial charge in [0, 0.05) is 11.8 Å². The molecule has 0 bridgehead atoms. The minimum absolute atomic E-state index is 0.0979. The number of hydrogen-bond acceptors (Lipinski definition) is 5. The van der Waals surface area contributed by atoms with Crippen LogP contribution in [0.15, 0.2) is 47.1 Å². The van der Waals surface area contributed by atoms with Gasteiger partial charge in [0.25, 0.3) is 0 Å². The van der Waals surface area contributed by atoms with Gasteiger partial charge >= 0.3 is 4.84 Å². The largest absolute Gasteiger partial charge is 0.348 e. The van der Waals surface area contributed by atoms with Crippen molar-refractivity contribution in [2.75, 3.05) is 0 Å². The fraction of sp³-hybridized carbons (Fsp3) is 0.0667. The number of rotatable bonds is 3. The van der Waals surface area contributed by atoms with E-state index in [2.05, 4.69) is 20.2 Å². The summed E-state index contributed by atoms with van der Waals surface area (Å²) in [7, 11) is 0. The number of hydrogen-bond donors (Lipinski definition) is 1. The molecule has 0 amide bonds. The van der Waals surface area contributed by atoms with Crippen molar-refractivity contribution in [2.45, 2.75) is 6.54 Å². The van der Waals surface area contributed by atoms with E-state index in [1.807, 2.05) is 6.07 Å². The van der Waals surface area contributed by atoms with Crippen molar-refractivity contribution in [1.29, 1.82) is 0 Å². The fourth-order valence-electron chi connectivity index (χ4n) is 2.41. The third-order valence-corrected chi connectivity index (χ3v) is 3.62. The van der Waals surface area contributed by atoms with Crippen LogP contribution in [0.2, 0.25) is 0 Å². The minimum atomic E-state index is -0.283. The zero-order valence-electron chi connectivity index (χ0n) is 11.7. The molecule has 114 valence electrons. The molecule has 1 N–H and O–H groups in total. The van der Waals surface area contributed by atoms with E-state index in [0.29, 0.717) is 22.7 Å².